The highest BCUT2D eigenvalue weighted by Gasteiger charge is 2.17. The molecule has 1 atom stereocenters. The number of hydrogen-bond acceptors (Lipinski definition) is 4. The van der Waals surface area contributed by atoms with Crippen LogP contribution in [0.5, 0.6) is 0 Å². The quantitative estimate of drug-likeness (QED) is 0.540. The van der Waals surface area contributed by atoms with Crippen LogP contribution >= 0.6 is 11.3 Å². The van der Waals surface area contributed by atoms with Crippen LogP contribution in [-0.2, 0) is 11.3 Å². The molecule has 0 saturated carbocycles. The van der Waals surface area contributed by atoms with Crippen LogP contribution in [0.1, 0.15) is 24.1 Å². The van der Waals surface area contributed by atoms with Crippen molar-refractivity contribution in [1.29, 1.82) is 0 Å². The number of carbonyl (C=O) groups excluding carboxylic acids is 1. The number of carbonyl (C=O) groups is 1. The lowest BCUT2D eigenvalue weighted by molar-refractivity contribution is -0.122. The van der Waals surface area contributed by atoms with Crippen molar-refractivity contribution in [2.75, 3.05) is 0 Å². The number of aryl methyl sites for hydroxylation is 1. The first-order chi connectivity index (χ1) is 14.0. The number of nitrogens with zero attached hydrogens (tertiary/aromatic N) is 2. The summed E-state index contributed by atoms with van der Waals surface area (Å²) in [5.41, 5.74) is 2.80. The Bertz CT molecular complexity index is 1210. The fourth-order valence-electron chi connectivity index (χ4n) is 3.40. The smallest absolute Gasteiger partial charge is 0.262 e. The molecule has 0 aliphatic carbocycles. The third kappa shape index (κ3) is 3.84. The van der Waals surface area contributed by atoms with E-state index in [1.54, 1.807) is 0 Å². The maximum atomic E-state index is 13.0. The minimum Gasteiger partial charge on any atom is -0.348 e. The lowest BCUT2D eigenvalue weighted by atomic mass is 10.1. The van der Waals surface area contributed by atoms with Crippen LogP contribution in [-0.4, -0.2) is 15.5 Å². The summed E-state index contributed by atoms with van der Waals surface area (Å²) in [5, 5.41) is 3.53. The molecule has 29 heavy (non-hydrogen) atoms. The van der Waals surface area contributed by atoms with Crippen molar-refractivity contribution in [1.82, 2.24) is 14.9 Å². The van der Waals surface area contributed by atoms with Crippen LogP contribution in [0.3, 0.4) is 0 Å². The van der Waals surface area contributed by atoms with Gasteiger partial charge in [0.2, 0.25) is 5.91 Å². The minimum atomic E-state index is -0.222. The van der Waals surface area contributed by atoms with Crippen LogP contribution in [0.4, 0.5) is 0 Å². The zero-order chi connectivity index (χ0) is 20.4. The van der Waals surface area contributed by atoms with Gasteiger partial charge in [0.25, 0.3) is 5.56 Å². The Morgan fingerprint density at radius 1 is 1.10 bits per heavy atom. The molecule has 0 bridgehead atoms. The van der Waals surface area contributed by atoms with E-state index < -0.39 is 0 Å². The maximum Gasteiger partial charge on any atom is 0.262 e. The Labute approximate surface area is 172 Å². The van der Waals surface area contributed by atoms with Crippen LogP contribution in [0.25, 0.3) is 20.7 Å². The number of benzene rings is 2. The summed E-state index contributed by atoms with van der Waals surface area (Å²) < 4.78 is 1.38. The first-order valence-corrected chi connectivity index (χ1v) is 10.2. The molecule has 0 aliphatic rings. The van der Waals surface area contributed by atoms with Gasteiger partial charge in [-0.15, -0.1) is 11.3 Å². The van der Waals surface area contributed by atoms with Gasteiger partial charge in [0.15, 0.2) is 0 Å². The van der Waals surface area contributed by atoms with Gasteiger partial charge >= 0.3 is 0 Å². The molecule has 0 radical (unpaired) electrons. The zero-order valence-corrected chi connectivity index (χ0v) is 17.1. The normalized spacial score (nSPS) is 12.1. The molecule has 2 heterocycles. The molecular weight excluding hydrogens is 382 g/mol. The number of thiophene rings is 1. The second kappa shape index (κ2) is 8.01. The van der Waals surface area contributed by atoms with E-state index in [-0.39, 0.29) is 24.1 Å². The molecule has 0 saturated heterocycles. The first kappa shape index (κ1) is 19.1. The molecule has 2 aromatic heterocycles. The summed E-state index contributed by atoms with van der Waals surface area (Å²) in [6, 6.07) is 19.6. The number of aromatic nitrogens is 2. The molecule has 2 aromatic carbocycles. The standard InChI is InChI=1S/C23H21N3O2S/c1-15-20-22(29-21(15)18-11-7-4-8-12-18)24-14-26(23(20)28)13-19(27)25-16(2)17-9-5-3-6-10-17/h3-12,14,16H,13H2,1-2H3,(H,25,27)/t16-/m0/s1. The highest BCUT2D eigenvalue weighted by Crippen LogP contribution is 2.35. The van der Waals surface area contributed by atoms with E-state index in [1.165, 1.54) is 22.2 Å². The highest BCUT2D eigenvalue weighted by atomic mass is 32.1. The summed E-state index contributed by atoms with van der Waals surface area (Å²) in [4.78, 5) is 31.7. The number of amides is 1. The highest BCUT2D eigenvalue weighted by molar-refractivity contribution is 7.22. The van der Waals surface area contributed by atoms with Crippen LogP contribution < -0.4 is 10.9 Å². The van der Waals surface area contributed by atoms with Gasteiger partial charge in [0, 0.05) is 4.88 Å². The number of fused-ring (bicyclic) bond motifs is 1. The van der Waals surface area contributed by atoms with E-state index >= 15 is 0 Å². The fraction of sp³-hybridized carbons (Fsp3) is 0.174. The molecule has 0 spiro atoms. The molecule has 5 nitrogen and oxygen atoms in total. The summed E-state index contributed by atoms with van der Waals surface area (Å²) in [6.45, 7) is 3.80. The van der Waals surface area contributed by atoms with E-state index in [9.17, 15) is 9.59 Å². The van der Waals surface area contributed by atoms with Gasteiger partial charge < -0.3 is 5.32 Å². The van der Waals surface area contributed by atoms with E-state index in [2.05, 4.69) is 10.3 Å². The molecule has 4 aromatic rings. The van der Waals surface area contributed by atoms with Crippen molar-refractivity contribution in [3.05, 3.63) is 88.5 Å². The predicted octanol–water partition coefficient (Wildman–Crippen LogP) is 4.31. The first-order valence-electron chi connectivity index (χ1n) is 9.43. The molecule has 0 fully saturated rings. The Kier molecular flexibility index (Phi) is 5.27. The SMILES string of the molecule is Cc1c(-c2ccccc2)sc2ncn(CC(=O)N[C@@H](C)c3ccccc3)c(=O)c12. The molecule has 0 aliphatic heterocycles. The molecule has 0 unspecified atom stereocenters. The molecule has 4 rings (SSSR count). The maximum absolute atomic E-state index is 13.0. The van der Waals surface area contributed by atoms with Gasteiger partial charge in [-0.05, 0) is 30.5 Å². The predicted molar refractivity (Wildman–Crippen MR) is 117 cm³/mol. The lowest BCUT2D eigenvalue weighted by Crippen LogP contribution is -2.33. The average molecular weight is 404 g/mol. The second-order valence-corrected chi connectivity index (χ2v) is 7.98. The van der Waals surface area contributed by atoms with Crippen molar-refractivity contribution in [2.45, 2.75) is 26.4 Å². The van der Waals surface area contributed by atoms with E-state index in [0.717, 1.165) is 21.6 Å². The van der Waals surface area contributed by atoms with Gasteiger partial charge in [0.1, 0.15) is 11.4 Å². The van der Waals surface area contributed by atoms with Crippen LogP contribution in [0, 0.1) is 6.92 Å². The fourth-order valence-corrected chi connectivity index (χ4v) is 4.55. The minimum absolute atomic E-state index is 0.0606. The van der Waals surface area contributed by atoms with E-state index in [0.29, 0.717) is 10.2 Å². The van der Waals surface area contributed by atoms with E-state index in [1.807, 2.05) is 74.5 Å². The summed E-state index contributed by atoms with van der Waals surface area (Å²) in [6.07, 6.45) is 1.46. The van der Waals surface area contributed by atoms with Crippen LogP contribution in [0.15, 0.2) is 71.8 Å². The van der Waals surface area contributed by atoms with Gasteiger partial charge in [-0.1, -0.05) is 60.7 Å². The van der Waals surface area contributed by atoms with E-state index in [4.69, 9.17) is 0 Å². The summed E-state index contributed by atoms with van der Waals surface area (Å²) >= 11 is 1.50. The topological polar surface area (TPSA) is 64.0 Å². The third-order valence-electron chi connectivity index (χ3n) is 4.94. The molecule has 146 valence electrons. The van der Waals surface area contributed by atoms with Gasteiger partial charge in [0.05, 0.1) is 17.8 Å². The molecule has 6 heteroatoms. The summed E-state index contributed by atoms with van der Waals surface area (Å²) in [7, 11) is 0. The Morgan fingerprint density at radius 3 is 2.45 bits per heavy atom. The Balaban J connectivity index is 1.60. The van der Waals surface area contributed by atoms with Crippen LogP contribution in [0.2, 0.25) is 0 Å². The number of hydrogen-bond donors (Lipinski definition) is 1. The van der Waals surface area contributed by atoms with Gasteiger partial charge in [-0.2, -0.15) is 0 Å². The molecular formula is C23H21N3O2S. The van der Waals surface area contributed by atoms with Crippen molar-refractivity contribution in [2.24, 2.45) is 0 Å². The van der Waals surface area contributed by atoms with Gasteiger partial charge in [-0.3, -0.25) is 14.2 Å². The summed E-state index contributed by atoms with van der Waals surface area (Å²) in [5.74, 6) is -0.222. The van der Waals surface area contributed by atoms with Crippen molar-refractivity contribution in [3.63, 3.8) is 0 Å². The molecule has 1 amide bonds. The lowest BCUT2D eigenvalue weighted by Gasteiger charge is -2.14. The van der Waals surface area contributed by atoms with Gasteiger partial charge in [-0.25, -0.2) is 4.98 Å². The third-order valence-corrected chi connectivity index (χ3v) is 6.19. The Hall–Kier alpha value is -3.25. The average Bonchev–Trinajstić information content (AvgIpc) is 3.08. The Morgan fingerprint density at radius 2 is 1.76 bits per heavy atom. The van der Waals surface area contributed by atoms with Crippen molar-refractivity contribution >= 4 is 27.5 Å². The second-order valence-electron chi connectivity index (χ2n) is 6.98. The van der Waals surface area contributed by atoms with Crippen molar-refractivity contribution < 1.29 is 4.79 Å². The monoisotopic (exact) mass is 403 g/mol. The number of nitrogens with one attached hydrogen (secondary N) is 1. The largest absolute Gasteiger partial charge is 0.348 e. The molecule has 1 N–H and O–H groups in total. The van der Waals surface area contributed by atoms with Crippen molar-refractivity contribution in [3.8, 4) is 10.4 Å². The number of rotatable bonds is 5. The zero-order valence-electron chi connectivity index (χ0n) is 16.3.